The molecule has 0 aromatic carbocycles. The second-order valence-electron chi connectivity index (χ2n) is 4.28. The predicted molar refractivity (Wildman–Crippen MR) is 66.7 cm³/mol. The number of piperidine rings is 1. The molecule has 1 N–H and O–H groups in total. The Morgan fingerprint density at radius 3 is 2.82 bits per heavy atom. The van der Waals surface area contributed by atoms with Gasteiger partial charge in [0.25, 0.3) is 0 Å². The van der Waals surface area contributed by atoms with E-state index in [0.29, 0.717) is 18.6 Å². The van der Waals surface area contributed by atoms with Crippen LogP contribution in [0.5, 0.6) is 11.6 Å². The van der Waals surface area contributed by atoms with E-state index >= 15 is 0 Å². The molecule has 1 aromatic rings. The van der Waals surface area contributed by atoms with E-state index in [4.69, 9.17) is 9.47 Å². The lowest BCUT2D eigenvalue weighted by molar-refractivity contribution is 0.161. The molecule has 94 valence electrons. The zero-order chi connectivity index (χ0) is 12.1. The topological polar surface area (TPSA) is 43.4 Å². The van der Waals surface area contributed by atoms with Crippen molar-refractivity contribution in [1.82, 2.24) is 10.3 Å². The number of hydrogen-bond acceptors (Lipinski definition) is 4. The van der Waals surface area contributed by atoms with Crippen molar-refractivity contribution >= 4 is 0 Å². The molecule has 0 saturated carbocycles. The standard InChI is InChI=1S/C13H20N2O2/c1-3-16-13-9-12(8-10(2)15-13)17-11-4-6-14-7-5-11/h8-9,11,14H,3-7H2,1-2H3. The predicted octanol–water partition coefficient (Wildman–Crippen LogP) is 1.92. The first-order valence-electron chi connectivity index (χ1n) is 6.27. The Kier molecular flexibility index (Phi) is 4.20. The molecular weight excluding hydrogens is 216 g/mol. The van der Waals surface area contributed by atoms with Gasteiger partial charge in [0.1, 0.15) is 11.9 Å². The SMILES string of the molecule is CCOc1cc(OC2CCNCC2)cc(C)n1. The molecule has 0 bridgehead atoms. The first kappa shape index (κ1) is 12.2. The molecule has 0 radical (unpaired) electrons. The van der Waals surface area contributed by atoms with Crippen LogP contribution in [0.3, 0.4) is 0 Å². The summed E-state index contributed by atoms with van der Waals surface area (Å²) in [5.41, 5.74) is 0.930. The van der Waals surface area contributed by atoms with Gasteiger partial charge in [-0.3, -0.25) is 0 Å². The lowest BCUT2D eigenvalue weighted by Crippen LogP contribution is -2.34. The number of pyridine rings is 1. The Bertz CT molecular complexity index is 362. The highest BCUT2D eigenvalue weighted by Crippen LogP contribution is 2.22. The van der Waals surface area contributed by atoms with Crippen molar-refractivity contribution in [3.05, 3.63) is 17.8 Å². The first-order valence-corrected chi connectivity index (χ1v) is 6.27. The summed E-state index contributed by atoms with van der Waals surface area (Å²) in [5.74, 6) is 1.52. The van der Waals surface area contributed by atoms with Crippen LogP contribution in [0.25, 0.3) is 0 Å². The highest BCUT2D eigenvalue weighted by Gasteiger charge is 2.15. The molecule has 0 atom stereocenters. The van der Waals surface area contributed by atoms with Gasteiger partial charge in [0, 0.05) is 17.8 Å². The second-order valence-corrected chi connectivity index (χ2v) is 4.28. The summed E-state index contributed by atoms with van der Waals surface area (Å²) in [6.07, 6.45) is 2.43. The summed E-state index contributed by atoms with van der Waals surface area (Å²) >= 11 is 0. The maximum Gasteiger partial charge on any atom is 0.217 e. The minimum atomic E-state index is 0.313. The van der Waals surface area contributed by atoms with Gasteiger partial charge in [-0.25, -0.2) is 4.98 Å². The summed E-state index contributed by atoms with van der Waals surface area (Å²) in [6.45, 7) is 6.61. The molecule has 1 aromatic heterocycles. The van der Waals surface area contributed by atoms with Crippen molar-refractivity contribution < 1.29 is 9.47 Å². The van der Waals surface area contributed by atoms with E-state index in [1.54, 1.807) is 0 Å². The molecule has 0 spiro atoms. The molecule has 1 saturated heterocycles. The van der Waals surface area contributed by atoms with E-state index in [0.717, 1.165) is 37.4 Å². The van der Waals surface area contributed by atoms with E-state index in [2.05, 4.69) is 10.3 Å². The van der Waals surface area contributed by atoms with Crippen LogP contribution in [0.1, 0.15) is 25.5 Å². The van der Waals surface area contributed by atoms with Crippen LogP contribution in [0, 0.1) is 6.92 Å². The second kappa shape index (κ2) is 5.87. The highest BCUT2D eigenvalue weighted by molar-refractivity contribution is 5.30. The summed E-state index contributed by atoms with van der Waals surface area (Å²) < 4.78 is 11.4. The fourth-order valence-electron chi connectivity index (χ4n) is 2.00. The van der Waals surface area contributed by atoms with Crippen molar-refractivity contribution in [2.45, 2.75) is 32.8 Å². The molecule has 1 aliphatic heterocycles. The van der Waals surface area contributed by atoms with Gasteiger partial charge in [-0.05, 0) is 39.8 Å². The van der Waals surface area contributed by atoms with Gasteiger partial charge in [-0.1, -0.05) is 0 Å². The van der Waals surface area contributed by atoms with Crippen LogP contribution in [0.15, 0.2) is 12.1 Å². The fraction of sp³-hybridized carbons (Fsp3) is 0.615. The molecule has 0 unspecified atom stereocenters. The van der Waals surface area contributed by atoms with Crippen LogP contribution in [-0.2, 0) is 0 Å². The summed E-state index contributed by atoms with van der Waals surface area (Å²) in [4.78, 5) is 4.30. The molecule has 2 heterocycles. The third-order valence-electron chi connectivity index (χ3n) is 2.78. The first-order chi connectivity index (χ1) is 8.28. The highest BCUT2D eigenvalue weighted by atomic mass is 16.5. The van der Waals surface area contributed by atoms with Gasteiger partial charge in [-0.2, -0.15) is 0 Å². The van der Waals surface area contributed by atoms with Crippen molar-refractivity contribution in [1.29, 1.82) is 0 Å². The van der Waals surface area contributed by atoms with Gasteiger partial charge >= 0.3 is 0 Å². The van der Waals surface area contributed by atoms with E-state index in [9.17, 15) is 0 Å². The smallest absolute Gasteiger partial charge is 0.217 e. The normalized spacial score (nSPS) is 16.8. The number of ether oxygens (including phenoxy) is 2. The molecule has 4 nitrogen and oxygen atoms in total. The van der Waals surface area contributed by atoms with Crippen LogP contribution >= 0.6 is 0 Å². The minimum absolute atomic E-state index is 0.313. The maximum absolute atomic E-state index is 5.96. The van der Waals surface area contributed by atoms with Crippen molar-refractivity contribution in [3.63, 3.8) is 0 Å². The minimum Gasteiger partial charge on any atom is -0.490 e. The molecular formula is C13H20N2O2. The Morgan fingerprint density at radius 2 is 2.12 bits per heavy atom. The van der Waals surface area contributed by atoms with Crippen LogP contribution in [0.2, 0.25) is 0 Å². The van der Waals surface area contributed by atoms with E-state index in [1.165, 1.54) is 0 Å². The molecule has 1 fully saturated rings. The zero-order valence-corrected chi connectivity index (χ0v) is 10.5. The number of hydrogen-bond donors (Lipinski definition) is 1. The van der Waals surface area contributed by atoms with Gasteiger partial charge in [0.2, 0.25) is 5.88 Å². The van der Waals surface area contributed by atoms with Crippen molar-refractivity contribution in [2.24, 2.45) is 0 Å². The van der Waals surface area contributed by atoms with Crippen molar-refractivity contribution in [2.75, 3.05) is 19.7 Å². The number of aromatic nitrogens is 1. The van der Waals surface area contributed by atoms with Gasteiger partial charge in [0.05, 0.1) is 6.61 Å². The third kappa shape index (κ3) is 3.60. The van der Waals surface area contributed by atoms with E-state index < -0.39 is 0 Å². The Hall–Kier alpha value is -1.29. The third-order valence-corrected chi connectivity index (χ3v) is 2.78. The molecule has 4 heteroatoms. The van der Waals surface area contributed by atoms with Gasteiger partial charge in [-0.15, -0.1) is 0 Å². The lowest BCUT2D eigenvalue weighted by atomic mass is 10.1. The Morgan fingerprint density at radius 1 is 1.35 bits per heavy atom. The number of rotatable bonds is 4. The quantitative estimate of drug-likeness (QED) is 0.867. The van der Waals surface area contributed by atoms with E-state index in [1.807, 2.05) is 26.0 Å². The molecule has 17 heavy (non-hydrogen) atoms. The molecule has 1 aliphatic rings. The van der Waals surface area contributed by atoms with Gasteiger partial charge in [0.15, 0.2) is 0 Å². The van der Waals surface area contributed by atoms with E-state index in [-0.39, 0.29) is 0 Å². The molecule has 0 amide bonds. The monoisotopic (exact) mass is 236 g/mol. The van der Waals surface area contributed by atoms with Crippen LogP contribution in [0.4, 0.5) is 0 Å². The van der Waals surface area contributed by atoms with Gasteiger partial charge < -0.3 is 14.8 Å². The fourth-order valence-corrected chi connectivity index (χ4v) is 2.00. The number of aryl methyl sites for hydroxylation is 1. The summed E-state index contributed by atoms with van der Waals surface area (Å²) in [5, 5.41) is 3.33. The largest absolute Gasteiger partial charge is 0.490 e. The average molecular weight is 236 g/mol. The average Bonchev–Trinajstić information content (AvgIpc) is 2.30. The Labute approximate surface area is 102 Å². The molecule has 0 aliphatic carbocycles. The maximum atomic E-state index is 5.96. The summed E-state index contributed by atoms with van der Waals surface area (Å²) in [6, 6.07) is 3.84. The lowest BCUT2D eigenvalue weighted by Gasteiger charge is -2.24. The Balaban J connectivity index is 2.03. The van der Waals surface area contributed by atoms with Crippen LogP contribution in [-0.4, -0.2) is 30.8 Å². The van der Waals surface area contributed by atoms with Crippen LogP contribution < -0.4 is 14.8 Å². The summed E-state index contributed by atoms with van der Waals surface area (Å²) in [7, 11) is 0. The zero-order valence-electron chi connectivity index (χ0n) is 10.5. The molecule has 2 rings (SSSR count). The number of nitrogens with one attached hydrogen (secondary N) is 1. The number of nitrogens with zero attached hydrogens (tertiary/aromatic N) is 1. The van der Waals surface area contributed by atoms with Crippen molar-refractivity contribution in [3.8, 4) is 11.6 Å².